The van der Waals surface area contributed by atoms with Crippen molar-refractivity contribution in [2.45, 2.75) is 51.7 Å². The number of nitrogens with one attached hydrogen (secondary N) is 1. The first-order chi connectivity index (χ1) is 14.7. The Morgan fingerprint density at radius 1 is 1.07 bits per heavy atom. The van der Waals surface area contributed by atoms with Crippen molar-refractivity contribution in [1.29, 1.82) is 0 Å². The van der Waals surface area contributed by atoms with Crippen LogP contribution in [0.5, 0.6) is 0 Å². The fourth-order valence-corrected chi connectivity index (χ4v) is 4.85. The minimum atomic E-state index is 0.104. The number of nitrogens with zero attached hydrogens (tertiary/aromatic N) is 3. The standard InChI is InChI=1S/C25H34N4O/c1-20-7-2-3-8-21(20)18-28-15-11-24(12-16-28)29-14-6-9-22(19-29)25(30)27-17-23-10-4-5-13-26-23/h2-5,7-8,10,13,22,24H,6,9,11-12,14-19H2,1H3,(H,27,30)/t22-/m1/s1. The maximum absolute atomic E-state index is 12.7. The summed E-state index contributed by atoms with van der Waals surface area (Å²) in [6.07, 6.45) is 6.29. The van der Waals surface area contributed by atoms with Gasteiger partial charge in [0.1, 0.15) is 0 Å². The van der Waals surface area contributed by atoms with Crippen LogP contribution < -0.4 is 5.32 Å². The van der Waals surface area contributed by atoms with Gasteiger partial charge in [-0.3, -0.25) is 19.6 Å². The number of aromatic nitrogens is 1. The predicted octanol–water partition coefficient (Wildman–Crippen LogP) is 3.38. The number of aryl methyl sites for hydroxylation is 1. The fourth-order valence-electron chi connectivity index (χ4n) is 4.85. The van der Waals surface area contributed by atoms with Crippen LogP contribution in [0.2, 0.25) is 0 Å². The van der Waals surface area contributed by atoms with Crippen LogP contribution in [0.1, 0.15) is 42.5 Å². The highest BCUT2D eigenvalue weighted by molar-refractivity contribution is 5.78. The molecule has 2 aliphatic rings. The van der Waals surface area contributed by atoms with Gasteiger partial charge in [-0.15, -0.1) is 0 Å². The van der Waals surface area contributed by atoms with E-state index in [2.05, 4.69) is 51.3 Å². The van der Waals surface area contributed by atoms with Gasteiger partial charge >= 0.3 is 0 Å². The molecule has 2 aliphatic heterocycles. The van der Waals surface area contributed by atoms with E-state index >= 15 is 0 Å². The van der Waals surface area contributed by atoms with Crippen LogP contribution in [0.4, 0.5) is 0 Å². The van der Waals surface area contributed by atoms with Gasteiger partial charge in [-0.1, -0.05) is 30.3 Å². The Labute approximate surface area is 180 Å². The van der Waals surface area contributed by atoms with Gasteiger partial charge in [0.05, 0.1) is 18.2 Å². The van der Waals surface area contributed by atoms with Gasteiger partial charge in [-0.2, -0.15) is 0 Å². The molecule has 0 spiro atoms. The summed E-state index contributed by atoms with van der Waals surface area (Å²) in [5.74, 6) is 0.287. The number of piperidine rings is 2. The summed E-state index contributed by atoms with van der Waals surface area (Å²) >= 11 is 0. The lowest BCUT2D eigenvalue weighted by Gasteiger charge is -2.42. The van der Waals surface area contributed by atoms with Crippen molar-refractivity contribution in [3.05, 3.63) is 65.5 Å². The van der Waals surface area contributed by atoms with Gasteiger partial charge in [-0.05, 0) is 75.5 Å². The molecule has 4 rings (SSSR count). The second-order valence-electron chi connectivity index (χ2n) is 8.81. The summed E-state index contributed by atoms with van der Waals surface area (Å²) in [5.41, 5.74) is 3.74. The second kappa shape index (κ2) is 10.2. The van der Waals surface area contributed by atoms with Gasteiger partial charge in [-0.25, -0.2) is 0 Å². The Kier molecular flexibility index (Phi) is 7.13. The Balaban J connectivity index is 1.24. The number of hydrogen-bond acceptors (Lipinski definition) is 4. The normalized spacial score (nSPS) is 21.4. The van der Waals surface area contributed by atoms with Gasteiger partial charge in [0.25, 0.3) is 0 Å². The van der Waals surface area contributed by atoms with E-state index in [1.54, 1.807) is 6.20 Å². The molecule has 5 nitrogen and oxygen atoms in total. The molecule has 1 N–H and O–H groups in total. The molecule has 0 aliphatic carbocycles. The molecule has 5 heteroatoms. The number of pyridine rings is 1. The van der Waals surface area contributed by atoms with Gasteiger partial charge in [0, 0.05) is 25.3 Å². The Hall–Kier alpha value is -2.24. The van der Waals surface area contributed by atoms with Crippen molar-refractivity contribution in [3.8, 4) is 0 Å². The van der Waals surface area contributed by atoms with E-state index in [0.29, 0.717) is 12.6 Å². The molecule has 2 aromatic rings. The zero-order valence-corrected chi connectivity index (χ0v) is 18.1. The van der Waals surface area contributed by atoms with Crippen LogP contribution in [-0.4, -0.2) is 52.9 Å². The third-order valence-corrected chi connectivity index (χ3v) is 6.72. The summed E-state index contributed by atoms with van der Waals surface area (Å²) < 4.78 is 0. The molecule has 2 saturated heterocycles. The van der Waals surface area contributed by atoms with Crippen LogP contribution in [0.15, 0.2) is 48.7 Å². The Morgan fingerprint density at radius 3 is 2.63 bits per heavy atom. The average Bonchev–Trinajstić information content (AvgIpc) is 2.80. The molecule has 0 bridgehead atoms. The summed E-state index contributed by atoms with van der Waals surface area (Å²) in [6.45, 7) is 8.10. The van der Waals surface area contributed by atoms with E-state index in [-0.39, 0.29) is 11.8 Å². The molecule has 160 valence electrons. The topological polar surface area (TPSA) is 48.5 Å². The van der Waals surface area contributed by atoms with Crippen molar-refractivity contribution in [2.24, 2.45) is 5.92 Å². The van der Waals surface area contributed by atoms with Crippen molar-refractivity contribution in [3.63, 3.8) is 0 Å². The Morgan fingerprint density at radius 2 is 1.87 bits per heavy atom. The number of carbonyl (C=O) groups excluding carboxylic acids is 1. The summed E-state index contributed by atoms with van der Waals surface area (Å²) in [6, 6.07) is 15.1. The van der Waals surface area contributed by atoms with E-state index < -0.39 is 0 Å². The average molecular weight is 407 g/mol. The van der Waals surface area contributed by atoms with Crippen LogP contribution in [-0.2, 0) is 17.9 Å². The first kappa shape index (κ1) is 21.0. The lowest BCUT2D eigenvalue weighted by molar-refractivity contribution is -0.127. The molecule has 1 atom stereocenters. The van der Waals surface area contributed by atoms with Crippen LogP contribution >= 0.6 is 0 Å². The lowest BCUT2D eigenvalue weighted by Crippen LogP contribution is -2.50. The maximum Gasteiger partial charge on any atom is 0.224 e. The van der Waals surface area contributed by atoms with Crippen molar-refractivity contribution < 1.29 is 4.79 Å². The van der Waals surface area contributed by atoms with Crippen LogP contribution in [0.3, 0.4) is 0 Å². The van der Waals surface area contributed by atoms with Crippen molar-refractivity contribution >= 4 is 5.91 Å². The van der Waals surface area contributed by atoms with E-state index in [9.17, 15) is 4.79 Å². The molecule has 0 unspecified atom stereocenters. The van der Waals surface area contributed by atoms with E-state index in [1.165, 1.54) is 24.0 Å². The van der Waals surface area contributed by atoms with Crippen molar-refractivity contribution in [2.75, 3.05) is 26.2 Å². The summed E-state index contributed by atoms with van der Waals surface area (Å²) in [5, 5.41) is 3.10. The fraction of sp³-hybridized carbons (Fsp3) is 0.520. The van der Waals surface area contributed by atoms with Crippen LogP contribution in [0.25, 0.3) is 0 Å². The number of amides is 1. The first-order valence-electron chi connectivity index (χ1n) is 11.4. The highest BCUT2D eigenvalue weighted by Gasteiger charge is 2.31. The zero-order valence-electron chi connectivity index (χ0n) is 18.1. The smallest absolute Gasteiger partial charge is 0.224 e. The summed E-state index contributed by atoms with van der Waals surface area (Å²) in [7, 11) is 0. The monoisotopic (exact) mass is 406 g/mol. The highest BCUT2D eigenvalue weighted by Crippen LogP contribution is 2.25. The predicted molar refractivity (Wildman–Crippen MR) is 120 cm³/mol. The molecule has 30 heavy (non-hydrogen) atoms. The molecule has 2 fully saturated rings. The molecular formula is C25H34N4O. The number of rotatable bonds is 6. The minimum Gasteiger partial charge on any atom is -0.350 e. The molecule has 3 heterocycles. The van der Waals surface area contributed by atoms with E-state index in [0.717, 1.165) is 51.3 Å². The third-order valence-electron chi connectivity index (χ3n) is 6.72. The maximum atomic E-state index is 12.7. The summed E-state index contributed by atoms with van der Waals surface area (Å²) in [4.78, 5) is 22.2. The highest BCUT2D eigenvalue weighted by atomic mass is 16.1. The quantitative estimate of drug-likeness (QED) is 0.799. The van der Waals surface area contributed by atoms with Crippen LogP contribution in [0, 0.1) is 12.8 Å². The molecule has 1 aromatic carbocycles. The third kappa shape index (κ3) is 5.46. The Bertz CT molecular complexity index is 817. The van der Waals surface area contributed by atoms with E-state index in [1.807, 2.05) is 18.2 Å². The first-order valence-corrected chi connectivity index (χ1v) is 11.4. The zero-order chi connectivity index (χ0) is 20.8. The second-order valence-corrected chi connectivity index (χ2v) is 8.81. The molecule has 1 aromatic heterocycles. The number of hydrogen-bond donors (Lipinski definition) is 1. The minimum absolute atomic E-state index is 0.104. The van der Waals surface area contributed by atoms with Gasteiger partial charge in [0.15, 0.2) is 0 Å². The largest absolute Gasteiger partial charge is 0.350 e. The number of benzene rings is 1. The molecule has 0 saturated carbocycles. The van der Waals surface area contributed by atoms with E-state index in [4.69, 9.17) is 0 Å². The molecular weight excluding hydrogens is 372 g/mol. The number of likely N-dealkylation sites (tertiary alicyclic amines) is 2. The van der Waals surface area contributed by atoms with Crippen molar-refractivity contribution in [1.82, 2.24) is 20.1 Å². The molecule has 1 amide bonds. The lowest BCUT2D eigenvalue weighted by atomic mass is 9.93. The molecule has 0 radical (unpaired) electrons. The van der Waals surface area contributed by atoms with Gasteiger partial charge in [0.2, 0.25) is 5.91 Å². The van der Waals surface area contributed by atoms with Gasteiger partial charge < -0.3 is 5.32 Å². The number of carbonyl (C=O) groups is 1. The SMILES string of the molecule is Cc1ccccc1CN1CCC(N2CCC[C@@H](C(=O)NCc3ccccn3)C2)CC1.